The Morgan fingerprint density at radius 1 is 1.24 bits per heavy atom. The van der Waals surface area contributed by atoms with E-state index in [-0.39, 0.29) is 11.9 Å². The Hall–Kier alpha value is -2.36. The van der Waals surface area contributed by atoms with E-state index in [1.807, 2.05) is 24.3 Å². The molecule has 0 aliphatic rings. The molecule has 0 saturated heterocycles. The lowest BCUT2D eigenvalue weighted by Gasteiger charge is -2.15. The van der Waals surface area contributed by atoms with Crippen LogP contribution < -0.4 is 4.74 Å². The van der Waals surface area contributed by atoms with E-state index in [4.69, 9.17) is 4.74 Å². The van der Waals surface area contributed by atoms with Crippen molar-refractivity contribution in [2.24, 2.45) is 0 Å². The molecule has 108 valence electrons. The molecule has 0 radical (unpaired) electrons. The first-order valence-electron chi connectivity index (χ1n) is 6.97. The minimum atomic E-state index is -0.219. The van der Waals surface area contributed by atoms with Crippen LogP contribution >= 0.6 is 0 Å². The van der Waals surface area contributed by atoms with Gasteiger partial charge in [0, 0.05) is 23.1 Å². The quantitative estimate of drug-likeness (QED) is 0.712. The van der Waals surface area contributed by atoms with Gasteiger partial charge in [-0.1, -0.05) is 0 Å². The minimum Gasteiger partial charge on any atom is -0.486 e. The third kappa shape index (κ3) is 2.75. The van der Waals surface area contributed by atoms with Crippen LogP contribution in [0, 0.1) is 5.82 Å². The van der Waals surface area contributed by atoms with Crippen molar-refractivity contribution in [2.45, 2.75) is 26.5 Å². The zero-order valence-electron chi connectivity index (χ0n) is 12.1. The van der Waals surface area contributed by atoms with Crippen molar-refractivity contribution in [2.75, 3.05) is 0 Å². The van der Waals surface area contributed by atoms with E-state index < -0.39 is 0 Å². The number of halogens is 1. The van der Waals surface area contributed by atoms with Crippen LogP contribution in [0.25, 0.3) is 10.9 Å². The normalized spacial score (nSPS) is 11.2. The number of hydrogen-bond acceptors (Lipinski definition) is 2. The third-order valence-electron chi connectivity index (χ3n) is 3.42. The molecule has 2 heterocycles. The molecule has 0 amide bonds. The molecule has 0 fully saturated rings. The molecule has 0 bridgehead atoms. The average Bonchev–Trinajstić information content (AvgIpc) is 2.83. The monoisotopic (exact) mass is 284 g/mol. The summed E-state index contributed by atoms with van der Waals surface area (Å²) < 4.78 is 21.3. The van der Waals surface area contributed by atoms with Gasteiger partial charge in [0.2, 0.25) is 0 Å². The van der Waals surface area contributed by atoms with Gasteiger partial charge in [0.25, 0.3) is 0 Å². The lowest BCUT2D eigenvalue weighted by atomic mass is 10.2. The summed E-state index contributed by atoms with van der Waals surface area (Å²) in [5.41, 5.74) is 2.05. The van der Waals surface area contributed by atoms with Gasteiger partial charge in [-0.2, -0.15) is 0 Å². The number of nitrogens with zero attached hydrogens (tertiary/aromatic N) is 2. The number of aromatic nitrogens is 2. The zero-order valence-corrected chi connectivity index (χ0v) is 12.1. The third-order valence-corrected chi connectivity index (χ3v) is 3.42. The summed E-state index contributed by atoms with van der Waals surface area (Å²) in [6.07, 6.45) is 3.39. The lowest BCUT2D eigenvalue weighted by Crippen LogP contribution is -2.08. The van der Waals surface area contributed by atoms with E-state index in [0.717, 1.165) is 22.3 Å². The van der Waals surface area contributed by atoms with Gasteiger partial charge in [0.05, 0.1) is 11.9 Å². The predicted octanol–water partition coefficient (Wildman–Crippen LogP) is 4.34. The smallest absolute Gasteiger partial charge is 0.138 e. The number of benzene rings is 1. The van der Waals surface area contributed by atoms with Gasteiger partial charge in [-0.05, 0) is 50.2 Å². The van der Waals surface area contributed by atoms with E-state index in [1.165, 1.54) is 6.07 Å². The van der Waals surface area contributed by atoms with Gasteiger partial charge in [-0.15, -0.1) is 0 Å². The summed E-state index contributed by atoms with van der Waals surface area (Å²) in [6, 6.07) is 10.8. The van der Waals surface area contributed by atoms with Crippen LogP contribution in [0.1, 0.15) is 25.6 Å². The van der Waals surface area contributed by atoms with Crippen molar-refractivity contribution in [1.82, 2.24) is 9.55 Å². The molecule has 2 aromatic heterocycles. The highest BCUT2D eigenvalue weighted by Crippen LogP contribution is 2.26. The Morgan fingerprint density at radius 3 is 2.81 bits per heavy atom. The fourth-order valence-corrected chi connectivity index (χ4v) is 2.57. The number of rotatable bonds is 4. The van der Waals surface area contributed by atoms with E-state index in [2.05, 4.69) is 23.4 Å². The summed E-state index contributed by atoms with van der Waals surface area (Å²) in [5, 5.41) is 0.897. The van der Waals surface area contributed by atoms with Crippen LogP contribution in [0.15, 0.2) is 48.8 Å². The van der Waals surface area contributed by atoms with E-state index in [0.29, 0.717) is 6.61 Å². The van der Waals surface area contributed by atoms with Gasteiger partial charge < -0.3 is 9.30 Å². The van der Waals surface area contributed by atoms with Crippen molar-refractivity contribution >= 4 is 10.9 Å². The molecule has 3 aromatic rings. The largest absolute Gasteiger partial charge is 0.486 e. The van der Waals surface area contributed by atoms with Crippen LogP contribution in [-0.4, -0.2) is 9.55 Å². The first-order valence-corrected chi connectivity index (χ1v) is 6.97. The van der Waals surface area contributed by atoms with E-state index >= 15 is 0 Å². The maximum Gasteiger partial charge on any atom is 0.138 e. The van der Waals surface area contributed by atoms with Gasteiger partial charge >= 0.3 is 0 Å². The van der Waals surface area contributed by atoms with Crippen LogP contribution in [-0.2, 0) is 6.61 Å². The van der Waals surface area contributed by atoms with Crippen molar-refractivity contribution in [3.8, 4) is 5.75 Å². The number of hydrogen-bond donors (Lipinski definition) is 0. The molecule has 21 heavy (non-hydrogen) atoms. The maximum atomic E-state index is 13.4. The zero-order chi connectivity index (χ0) is 14.8. The molecular formula is C17H17FN2O. The van der Waals surface area contributed by atoms with E-state index in [1.54, 1.807) is 18.5 Å². The molecule has 1 aromatic carbocycles. The Labute approximate surface area is 123 Å². The van der Waals surface area contributed by atoms with Crippen molar-refractivity contribution in [1.29, 1.82) is 0 Å². The Morgan fingerprint density at radius 2 is 2.10 bits per heavy atom. The van der Waals surface area contributed by atoms with Gasteiger partial charge in [-0.3, -0.25) is 4.98 Å². The van der Waals surface area contributed by atoms with Gasteiger partial charge in [-0.25, -0.2) is 4.39 Å². The topological polar surface area (TPSA) is 27.1 Å². The first kappa shape index (κ1) is 13.6. The molecule has 0 aliphatic heterocycles. The molecule has 3 rings (SSSR count). The molecule has 0 N–H and O–H groups in total. The summed E-state index contributed by atoms with van der Waals surface area (Å²) in [5.74, 6) is 0.507. The first-order chi connectivity index (χ1) is 10.1. The Balaban J connectivity index is 1.95. The molecule has 4 heteroatoms. The summed E-state index contributed by atoms with van der Waals surface area (Å²) in [7, 11) is 0. The lowest BCUT2D eigenvalue weighted by molar-refractivity contribution is 0.292. The second kappa shape index (κ2) is 5.56. The molecule has 3 nitrogen and oxygen atoms in total. The standard InChI is InChI=1S/C17H17FN2O/c1-12(2)20-15(11-21-16-4-3-7-19-10-16)9-13-8-14(18)5-6-17(13)20/h3-10,12H,11H2,1-2H3. The van der Waals surface area contributed by atoms with Gasteiger partial charge in [0.1, 0.15) is 18.2 Å². The fraction of sp³-hybridized carbons (Fsp3) is 0.235. The second-order valence-corrected chi connectivity index (χ2v) is 5.28. The highest BCUT2D eigenvalue weighted by Gasteiger charge is 2.12. The maximum absolute atomic E-state index is 13.4. The van der Waals surface area contributed by atoms with Crippen LogP contribution in [0.4, 0.5) is 4.39 Å². The number of fused-ring (bicyclic) bond motifs is 1. The highest BCUT2D eigenvalue weighted by atomic mass is 19.1. The Bertz CT molecular complexity index is 750. The van der Waals surface area contributed by atoms with Gasteiger partial charge in [0.15, 0.2) is 0 Å². The van der Waals surface area contributed by atoms with Crippen molar-refractivity contribution in [3.05, 3.63) is 60.3 Å². The summed E-state index contributed by atoms with van der Waals surface area (Å²) in [6.45, 7) is 4.65. The molecular weight excluding hydrogens is 267 g/mol. The second-order valence-electron chi connectivity index (χ2n) is 5.28. The molecule has 0 unspecified atom stereocenters. The molecule has 0 saturated carbocycles. The van der Waals surface area contributed by atoms with E-state index in [9.17, 15) is 4.39 Å². The van der Waals surface area contributed by atoms with Crippen LogP contribution in [0.2, 0.25) is 0 Å². The average molecular weight is 284 g/mol. The predicted molar refractivity (Wildman–Crippen MR) is 80.9 cm³/mol. The SMILES string of the molecule is CC(C)n1c(COc2cccnc2)cc2cc(F)ccc21. The summed E-state index contributed by atoms with van der Waals surface area (Å²) in [4.78, 5) is 4.03. The minimum absolute atomic E-state index is 0.219. The van der Waals surface area contributed by atoms with Crippen LogP contribution in [0.5, 0.6) is 5.75 Å². The number of pyridine rings is 1. The number of ether oxygens (including phenoxy) is 1. The summed E-state index contributed by atoms with van der Waals surface area (Å²) >= 11 is 0. The molecule has 0 atom stereocenters. The Kier molecular flexibility index (Phi) is 3.60. The van der Waals surface area contributed by atoms with Crippen LogP contribution in [0.3, 0.4) is 0 Å². The fourth-order valence-electron chi connectivity index (χ4n) is 2.57. The molecule has 0 spiro atoms. The van der Waals surface area contributed by atoms with Crippen molar-refractivity contribution in [3.63, 3.8) is 0 Å². The molecule has 0 aliphatic carbocycles. The van der Waals surface area contributed by atoms with Crippen molar-refractivity contribution < 1.29 is 9.13 Å². The highest BCUT2D eigenvalue weighted by molar-refractivity contribution is 5.81.